The lowest BCUT2D eigenvalue weighted by atomic mass is 9.73. The van der Waals surface area contributed by atoms with E-state index in [9.17, 15) is 9.90 Å². The van der Waals surface area contributed by atoms with Crippen LogP contribution in [-0.2, 0) is 4.79 Å². The summed E-state index contributed by atoms with van der Waals surface area (Å²) in [5.74, 6) is 1.25. The Balaban J connectivity index is 1.24. The number of aromatic nitrogens is 3. The summed E-state index contributed by atoms with van der Waals surface area (Å²) in [5, 5.41) is 19.4. The van der Waals surface area contributed by atoms with Crippen molar-refractivity contribution in [3.63, 3.8) is 0 Å². The fourth-order valence-corrected chi connectivity index (χ4v) is 6.90. The van der Waals surface area contributed by atoms with Gasteiger partial charge in [-0.3, -0.25) is 14.5 Å². The van der Waals surface area contributed by atoms with Gasteiger partial charge in [-0.05, 0) is 92.7 Å². The summed E-state index contributed by atoms with van der Waals surface area (Å²) < 4.78 is 7.51. The Morgan fingerprint density at radius 3 is 2.60 bits per heavy atom. The molecular formula is C33H42N4O3. The zero-order chi connectivity index (χ0) is 27.6. The van der Waals surface area contributed by atoms with Crippen LogP contribution in [0.4, 0.5) is 0 Å². The van der Waals surface area contributed by atoms with Crippen LogP contribution in [0.5, 0.6) is 5.75 Å². The third-order valence-electron chi connectivity index (χ3n) is 9.40. The molecule has 0 spiro atoms. The van der Waals surface area contributed by atoms with Crippen molar-refractivity contribution in [2.45, 2.75) is 95.2 Å². The first-order chi connectivity index (χ1) is 19.5. The number of carbonyl (C=O) groups excluding carboxylic acids is 1. The van der Waals surface area contributed by atoms with Crippen LogP contribution in [0.1, 0.15) is 99.0 Å². The van der Waals surface area contributed by atoms with Gasteiger partial charge >= 0.3 is 0 Å². The number of aryl methyl sites for hydroxylation is 1. The number of hydrogen-bond donors (Lipinski definition) is 2. The van der Waals surface area contributed by atoms with Gasteiger partial charge in [0.2, 0.25) is 5.91 Å². The van der Waals surface area contributed by atoms with E-state index in [0.717, 1.165) is 72.2 Å². The second-order valence-corrected chi connectivity index (χ2v) is 12.2. The van der Waals surface area contributed by atoms with Gasteiger partial charge in [0.1, 0.15) is 5.75 Å². The van der Waals surface area contributed by atoms with E-state index in [1.165, 1.54) is 19.3 Å². The molecule has 7 nitrogen and oxygen atoms in total. The van der Waals surface area contributed by atoms with Crippen molar-refractivity contribution in [1.82, 2.24) is 20.1 Å². The topological polar surface area (TPSA) is 89.3 Å². The van der Waals surface area contributed by atoms with E-state index < -0.39 is 6.10 Å². The van der Waals surface area contributed by atoms with E-state index >= 15 is 0 Å². The van der Waals surface area contributed by atoms with E-state index in [1.54, 1.807) is 7.11 Å². The minimum absolute atomic E-state index is 0.0692. The van der Waals surface area contributed by atoms with Crippen LogP contribution in [0.3, 0.4) is 0 Å². The lowest BCUT2D eigenvalue weighted by molar-refractivity contribution is -0.127. The molecule has 7 heteroatoms. The second-order valence-electron chi connectivity index (χ2n) is 12.2. The molecular weight excluding hydrogens is 500 g/mol. The smallest absolute Gasteiger partial charge is 0.223 e. The molecule has 2 heterocycles. The Labute approximate surface area is 237 Å². The number of aliphatic hydroxyl groups excluding tert-OH is 1. The molecule has 3 aliphatic carbocycles. The molecule has 1 amide bonds. The largest absolute Gasteiger partial charge is 0.496 e. The Bertz CT molecular complexity index is 1330. The molecule has 4 unspecified atom stereocenters. The standard InChI is InChI=1S/C33H42N4O3/c1-21-16-24(9-13-31(21)40-2)28-12-8-25(18-30(28)38)32(36-33(39)22-6-4-3-5-7-22)29-17-23(14-15-34-29)26-19-35-37(20-26)27-10-11-27/h9,13-17,19-20,22,25,27-28,30,32,38H,3-8,10-12,18H2,1-2H3,(H,36,39). The van der Waals surface area contributed by atoms with Crippen LogP contribution >= 0.6 is 0 Å². The number of pyridine rings is 1. The molecule has 0 radical (unpaired) electrons. The average Bonchev–Trinajstić information content (AvgIpc) is 3.72. The Kier molecular flexibility index (Phi) is 7.92. The minimum atomic E-state index is -0.486. The lowest BCUT2D eigenvalue weighted by Crippen LogP contribution is -2.41. The highest BCUT2D eigenvalue weighted by molar-refractivity contribution is 5.79. The molecule has 40 heavy (non-hydrogen) atoms. The van der Waals surface area contributed by atoms with Gasteiger partial charge in [-0.15, -0.1) is 0 Å². The number of methoxy groups -OCH3 is 1. The summed E-state index contributed by atoms with van der Waals surface area (Å²) in [6, 6.07) is 10.7. The molecule has 0 aliphatic heterocycles. The van der Waals surface area contributed by atoms with Gasteiger partial charge in [0.15, 0.2) is 0 Å². The van der Waals surface area contributed by atoms with Crippen LogP contribution in [-0.4, -0.2) is 39.0 Å². The molecule has 2 N–H and O–H groups in total. The molecule has 212 valence electrons. The van der Waals surface area contributed by atoms with Crippen molar-refractivity contribution in [2.24, 2.45) is 11.8 Å². The fourth-order valence-electron chi connectivity index (χ4n) is 6.90. The number of hydrogen-bond acceptors (Lipinski definition) is 5. The average molecular weight is 543 g/mol. The highest BCUT2D eigenvalue weighted by Gasteiger charge is 2.37. The molecule has 2 aromatic heterocycles. The predicted molar refractivity (Wildman–Crippen MR) is 155 cm³/mol. The normalized spacial score (nSPS) is 24.4. The Morgan fingerprint density at radius 2 is 1.88 bits per heavy atom. The van der Waals surface area contributed by atoms with Crippen molar-refractivity contribution in [2.75, 3.05) is 7.11 Å². The van der Waals surface area contributed by atoms with Gasteiger partial charge in [0, 0.05) is 29.8 Å². The van der Waals surface area contributed by atoms with E-state index in [2.05, 4.69) is 39.5 Å². The third-order valence-corrected chi connectivity index (χ3v) is 9.40. The molecule has 0 bridgehead atoms. The van der Waals surface area contributed by atoms with Gasteiger partial charge in [-0.2, -0.15) is 5.10 Å². The number of ether oxygens (including phenoxy) is 1. The molecule has 1 aromatic carbocycles. The second kappa shape index (κ2) is 11.7. The van der Waals surface area contributed by atoms with Gasteiger partial charge in [0.25, 0.3) is 0 Å². The molecule has 3 saturated carbocycles. The summed E-state index contributed by atoms with van der Waals surface area (Å²) in [5.41, 5.74) is 5.25. The molecule has 0 saturated heterocycles. The van der Waals surface area contributed by atoms with E-state index in [-0.39, 0.29) is 29.7 Å². The van der Waals surface area contributed by atoms with E-state index in [4.69, 9.17) is 9.72 Å². The summed E-state index contributed by atoms with van der Waals surface area (Å²) in [7, 11) is 1.69. The van der Waals surface area contributed by atoms with Crippen LogP contribution in [0.25, 0.3) is 11.1 Å². The van der Waals surface area contributed by atoms with Crippen molar-refractivity contribution in [3.05, 3.63) is 65.7 Å². The molecule has 4 atom stereocenters. The maximum atomic E-state index is 13.5. The minimum Gasteiger partial charge on any atom is -0.496 e. The zero-order valence-corrected chi connectivity index (χ0v) is 23.8. The third kappa shape index (κ3) is 5.80. The highest BCUT2D eigenvalue weighted by atomic mass is 16.5. The molecule has 3 aromatic rings. The number of carbonyl (C=O) groups is 1. The van der Waals surface area contributed by atoms with Gasteiger partial charge in [-0.25, -0.2) is 0 Å². The van der Waals surface area contributed by atoms with E-state index in [0.29, 0.717) is 12.5 Å². The lowest BCUT2D eigenvalue weighted by Gasteiger charge is -2.38. The first-order valence-corrected chi connectivity index (χ1v) is 15.1. The van der Waals surface area contributed by atoms with Crippen LogP contribution in [0.15, 0.2) is 48.9 Å². The quantitative estimate of drug-likeness (QED) is 0.350. The van der Waals surface area contributed by atoms with Crippen molar-refractivity contribution >= 4 is 5.91 Å². The number of benzene rings is 1. The molecule has 3 fully saturated rings. The van der Waals surface area contributed by atoms with Gasteiger partial charge in [-0.1, -0.05) is 31.4 Å². The number of nitrogens with one attached hydrogen (secondary N) is 1. The highest BCUT2D eigenvalue weighted by Crippen LogP contribution is 2.43. The van der Waals surface area contributed by atoms with Crippen LogP contribution in [0.2, 0.25) is 0 Å². The summed E-state index contributed by atoms with van der Waals surface area (Å²) in [6.45, 7) is 2.05. The maximum absolute atomic E-state index is 13.5. The fraction of sp³-hybridized carbons (Fsp3) is 0.545. The SMILES string of the molecule is COc1ccc(C2CCC(C(NC(=O)C3CCCCC3)c3cc(-c4cnn(C5CC5)c4)ccn3)CC2O)cc1C. The summed E-state index contributed by atoms with van der Waals surface area (Å²) >= 11 is 0. The van der Waals surface area contributed by atoms with Crippen LogP contribution in [0, 0.1) is 18.8 Å². The van der Waals surface area contributed by atoms with Crippen molar-refractivity contribution in [3.8, 4) is 16.9 Å². The zero-order valence-electron chi connectivity index (χ0n) is 23.8. The first-order valence-electron chi connectivity index (χ1n) is 15.1. The van der Waals surface area contributed by atoms with Crippen molar-refractivity contribution in [1.29, 1.82) is 0 Å². The molecule has 3 aliphatic rings. The Morgan fingerprint density at radius 1 is 1.05 bits per heavy atom. The summed E-state index contributed by atoms with van der Waals surface area (Å²) in [4.78, 5) is 18.3. The number of nitrogens with zero attached hydrogens (tertiary/aromatic N) is 3. The maximum Gasteiger partial charge on any atom is 0.223 e. The number of aliphatic hydroxyl groups is 1. The van der Waals surface area contributed by atoms with Crippen LogP contribution < -0.4 is 10.1 Å². The Hall–Kier alpha value is -3.19. The number of rotatable bonds is 8. The number of amides is 1. The van der Waals surface area contributed by atoms with Crippen molar-refractivity contribution < 1.29 is 14.6 Å². The molecule has 6 rings (SSSR count). The van der Waals surface area contributed by atoms with Gasteiger partial charge in [0.05, 0.1) is 37.2 Å². The predicted octanol–water partition coefficient (Wildman–Crippen LogP) is 6.28. The monoisotopic (exact) mass is 542 g/mol. The van der Waals surface area contributed by atoms with Gasteiger partial charge < -0.3 is 15.2 Å². The summed E-state index contributed by atoms with van der Waals surface area (Å²) in [6.07, 6.45) is 15.6. The van der Waals surface area contributed by atoms with E-state index in [1.807, 2.05) is 31.5 Å². The first kappa shape index (κ1) is 27.0.